The van der Waals surface area contributed by atoms with E-state index in [0.717, 1.165) is 19.3 Å². The maximum Gasteiger partial charge on any atom is 0.239 e. The Morgan fingerprint density at radius 3 is 2.44 bits per heavy atom. The highest BCUT2D eigenvalue weighted by atomic mass is 16.5. The molecule has 1 aliphatic rings. The van der Waals surface area contributed by atoms with Gasteiger partial charge in [0, 0.05) is 46.3 Å². The second kappa shape index (κ2) is 17.2. The lowest BCUT2D eigenvalue weighted by molar-refractivity contribution is -0.142. The maximum absolute atomic E-state index is 13.0. The van der Waals surface area contributed by atoms with Crippen molar-refractivity contribution in [1.29, 1.82) is 0 Å². The average molecular weight is 489 g/mol. The molecule has 0 radical (unpaired) electrons. The summed E-state index contributed by atoms with van der Waals surface area (Å²) in [7, 11) is 0. The van der Waals surface area contributed by atoms with E-state index in [4.69, 9.17) is 20.9 Å². The van der Waals surface area contributed by atoms with Crippen LogP contribution in [0.4, 0.5) is 0 Å². The number of nitrogens with zero attached hydrogens (tertiary/aromatic N) is 2. The van der Waals surface area contributed by atoms with E-state index in [1.807, 2.05) is 0 Å². The van der Waals surface area contributed by atoms with Crippen molar-refractivity contribution < 1.29 is 29.3 Å². The van der Waals surface area contributed by atoms with Crippen molar-refractivity contribution in [3.63, 3.8) is 0 Å². The fourth-order valence-electron chi connectivity index (χ4n) is 3.81. The predicted octanol–water partition coefficient (Wildman–Crippen LogP) is 0.0833. The molecule has 10 heteroatoms. The van der Waals surface area contributed by atoms with Crippen molar-refractivity contribution in [3.05, 3.63) is 0 Å². The SMILES string of the molecule is CC(=O)N1CCN(C(=O)[C@H](N)CCCCN)CCCCOC[C@@H](O)[C@@H](O)[C@H](OCCC(C)C)C1. The molecule has 1 heterocycles. The van der Waals surface area contributed by atoms with Crippen LogP contribution in [0.3, 0.4) is 0 Å². The standard InChI is InChI=1S/C24H48N4O6/c1-18(2)9-15-34-22-16-28(19(3)29)13-12-27(24(32)20(26)8-4-5-10-25)11-6-7-14-33-17-21(30)23(22)31/h18,20-23,30-31H,4-17,25-26H2,1-3H3/t20-,21-,22-,23-/m1/s1. The lowest BCUT2D eigenvalue weighted by Gasteiger charge is -2.34. The first kappa shape index (κ1) is 30.7. The number of carbonyl (C=O) groups excluding carboxylic acids is 2. The number of hydrogen-bond donors (Lipinski definition) is 4. The van der Waals surface area contributed by atoms with Crippen LogP contribution in [0, 0.1) is 5.92 Å². The van der Waals surface area contributed by atoms with Crippen LogP contribution in [-0.4, -0.2) is 109 Å². The molecule has 0 bridgehead atoms. The van der Waals surface area contributed by atoms with Crippen LogP contribution in [0.2, 0.25) is 0 Å². The van der Waals surface area contributed by atoms with Crippen LogP contribution in [0.1, 0.15) is 59.3 Å². The highest BCUT2D eigenvalue weighted by molar-refractivity contribution is 5.81. The topological polar surface area (TPSA) is 152 Å². The number of amides is 2. The summed E-state index contributed by atoms with van der Waals surface area (Å²) in [6.45, 7) is 8.20. The number of unbranched alkanes of at least 4 members (excludes halogenated alkanes) is 1. The first-order valence-corrected chi connectivity index (χ1v) is 12.7. The molecule has 0 aliphatic carbocycles. The molecule has 4 atom stereocenters. The van der Waals surface area contributed by atoms with Gasteiger partial charge >= 0.3 is 0 Å². The first-order valence-electron chi connectivity index (χ1n) is 12.7. The molecule has 0 saturated carbocycles. The van der Waals surface area contributed by atoms with Gasteiger partial charge in [-0.3, -0.25) is 9.59 Å². The molecule has 1 fully saturated rings. The molecule has 200 valence electrons. The van der Waals surface area contributed by atoms with Crippen molar-refractivity contribution in [2.24, 2.45) is 17.4 Å². The molecule has 0 unspecified atom stereocenters. The lowest BCUT2D eigenvalue weighted by atomic mass is 10.1. The van der Waals surface area contributed by atoms with Crippen LogP contribution in [0.15, 0.2) is 0 Å². The molecular formula is C24H48N4O6. The summed E-state index contributed by atoms with van der Waals surface area (Å²) < 4.78 is 11.5. The minimum absolute atomic E-state index is 0.0278. The van der Waals surface area contributed by atoms with E-state index in [0.29, 0.717) is 64.6 Å². The lowest BCUT2D eigenvalue weighted by Crippen LogP contribution is -2.52. The van der Waals surface area contributed by atoms with Crippen LogP contribution < -0.4 is 11.5 Å². The van der Waals surface area contributed by atoms with Gasteiger partial charge < -0.3 is 41.0 Å². The Balaban J connectivity index is 2.95. The summed E-state index contributed by atoms with van der Waals surface area (Å²) in [5, 5.41) is 21.2. The normalized spacial score (nSPS) is 24.6. The molecule has 0 aromatic heterocycles. The molecule has 1 rings (SSSR count). The van der Waals surface area contributed by atoms with Gasteiger partial charge in [0.15, 0.2) is 0 Å². The van der Waals surface area contributed by atoms with Gasteiger partial charge in [0.25, 0.3) is 0 Å². The van der Waals surface area contributed by atoms with Crippen molar-refractivity contribution in [2.45, 2.75) is 83.6 Å². The number of aliphatic hydroxyl groups excluding tert-OH is 2. The Kier molecular flexibility index (Phi) is 15.5. The van der Waals surface area contributed by atoms with Crippen molar-refractivity contribution >= 4 is 11.8 Å². The van der Waals surface area contributed by atoms with Gasteiger partial charge in [-0.15, -0.1) is 0 Å². The van der Waals surface area contributed by atoms with E-state index in [9.17, 15) is 19.8 Å². The predicted molar refractivity (Wildman–Crippen MR) is 131 cm³/mol. The number of hydrogen-bond acceptors (Lipinski definition) is 8. The quantitative estimate of drug-likeness (QED) is 0.333. The van der Waals surface area contributed by atoms with Gasteiger partial charge in [-0.2, -0.15) is 0 Å². The fourth-order valence-corrected chi connectivity index (χ4v) is 3.81. The second-order valence-electron chi connectivity index (χ2n) is 9.61. The van der Waals surface area contributed by atoms with Gasteiger partial charge in [0.1, 0.15) is 18.3 Å². The fraction of sp³-hybridized carbons (Fsp3) is 0.917. The summed E-state index contributed by atoms with van der Waals surface area (Å²) in [5.74, 6) is 0.0947. The molecule has 10 nitrogen and oxygen atoms in total. The second-order valence-corrected chi connectivity index (χ2v) is 9.61. The average Bonchev–Trinajstić information content (AvgIpc) is 2.79. The molecule has 1 aliphatic heterocycles. The number of ether oxygens (including phenoxy) is 2. The van der Waals surface area contributed by atoms with E-state index < -0.39 is 24.4 Å². The van der Waals surface area contributed by atoms with Crippen molar-refractivity contribution in [1.82, 2.24) is 9.80 Å². The van der Waals surface area contributed by atoms with Gasteiger partial charge in [-0.05, 0) is 44.6 Å². The van der Waals surface area contributed by atoms with Crippen LogP contribution in [0.5, 0.6) is 0 Å². The Morgan fingerprint density at radius 2 is 1.79 bits per heavy atom. The van der Waals surface area contributed by atoms with Gasteiger partial charge in [-0.1, -0.05) is 20.3 Å². The third-order valence-electron chi connectivity index (χ3n) is 6.14. The van der Waals surface area contributed by atoms with Crippen LogP contribution in [-0.2, 0) is 19.1 Å². The first-order chi connectivity index (χ1) is 16.2. The molecule has 2 amide bonds. The van der Waals surface area contributed by atoms with E-state index in [1.165, 1.54) is 6.92 Å². The van der Waals surface area contributed by atoms with Crippen molar-refractivity contribution in [2.75, 3.05) is 52.5 Å². The van der Waals surface area contributed by atoms with E-state index in [1.54, 1.807) is 9.80 Å². The van der Waals surface area contributed by atoms with E-state index in [2.05, 4.69) is 13.8 Å². The number of nitrogens with two attached hydrogens (primary N) is 2. The molecule has 0 spiro atoms. The zero-order chi connectivity index (χ0) is 25.5. The highest BCUT2D eigenvalue weighted by Crippen LogP contribution is 2.13. The summed E-state index contributed by atoms with van der Waals surface area (Å²) in [6.07, 6.45) is 1.29. The van der Waals surface area contributed by atoms with Gasteiger partial charge in [-0.25, -0.2) is 0 Å². The zero-order valence-electron chi connectivity index (χ0n) is 21.4. The van der Waals surface area contributed by atoms with Gasteiger partial charge in [0.2, 0.25) is 11.8 Å². The number of carbonyl (C=O) groups is 2. The van der Waals surface area contributed by atoms with Crippen LogP contribution in [0.25, 0.3) is 0 Å². The van der Waals surface area contributed by atoms with E-state index in [-0.39, 0.29) is 25.0 Å². The molecular weight excluding hydrogens is 440 g/mol. The Morgan fingerprint density at radius 1 is 1.09 bits per heavy atom. The molecule has 1 saturated heterocycles. The van der Waals surface area contributed by atoms with E-state index >= 15 is 0 Å². The minimum Gasteiger partial charge on any atom is -0.388 e. The Hall–Kier alpha value is -1.30. The summed E-state index contributed by atoms with van der Waals surface area (Å²) >= 11 is 0. The number of rotatable bonds is 9. The molecule has 0 aromatic carbocycles. The minimum atomic E-state index is -1.20. The van der Waals surface area contributed by atoms with Crippen molar-refractivity contribution in [3.8, 4) is 0 Å². The summed E-state index contributed by atoms with van der Waals surface area (Å²) in [6, 6.07) is -0.600. The van der Waals surface area contributed by atoms with Gasteiger partial charge in [0.05, 0.1) is 12.6 Å². The Bertz CT molecular complexity index is 580. The maximum atomic E-state index is 13.0. The van der Waals surface area contributed by atoms with Crippen LogP contribution >= 0.6 is 0 Å². The molecule has 0 aromatic rings. The monoisotopic (exact) mass is 488 g/mol. The zero-order valence-corrected chi connectivity index (χ0v) is 21.4. The Labute approximate surface area is 204 Å². The third-order valence-corrected chi connectivity index (χ3v) is 6.14. The number of aliphatic hydroxyl groups is 2. The molecule has 34 heavy (non-hydrogen) atoms. The molecule has 6 N–H and O–H groups in total. The smallest absolute Gasteiger partial charge is 0.239 e. The highest BCUT2D eigenvalue weighted by Gasteiger charge is 2.31. The largest absolute Gasteiger partial charge is 0.388 e. The third kappa shape index (κ3) is 11.9. The summed E-state index contributed by atoms with van der Waals surface area (Å²) in [5.41, 5.74) is 11.7. The summed E-state index contributed by atoms with van der Waals surface area (Å²) in [4.78, 5) is 28.7.